The molecule has 1 saturated heterocycles. The van der Waals surface area contributed by atoms with E-state index in [0.29, 0.717) is 11.4 Å². The Morgan fingerprint density at radius 2 is 2.41 bits per heavy atom. The molecule has 92 valence electrons. The number of aromatic nitrogens is 1. The third kappa shape index (κ3) is 2.52. The first-order chi connectivity index (χ1) is 8.08. The minimum absolute atomic E-state index is 0.0852. The summed E-state index contributed by atoms with van der Waals surface area (Å²) in [5.74, 6) is 0.385. The molecule has 0 amide bonds. The van der Waals surface area contributed by atoms with Crippen LogP contribution in [0.4, 0.5) is 11.5 Å². The number of hydrogen-bond acceptors (Lipinski definition) is 5. The van der Waals surface area contributed by atoms with Crippen LogP contribution in [0.3, 0.4) is 0 Å². The van der Waals surface area contributed by atoms with Gasteiger partial charge in [-0.05, 0) is 33.0 Å². The summed E-state index contributed by atoms with van der Waals surface area (Å²) in [6.45, 7) is 3.63. The number of pyridine rings is 1. The maximum Gasteiger partial charge on any atom is 0.314 e. The van der Waals surface area contributed by atoms with Crippen molar-refractivity contribution in [3.63, 3.8) is 0 Å². The minimum Gasteiger partial charge on any atom is -0.360 e. The fraction of sp³-hybridized carbons (Fsp3) is 0.545. The highest BCUT2D eigenvalue weighted by Gasteiger charge is 2.24. The molecule has 1 atom stereocenters. The second kappa shape index (κ2) is 4.67. The maximum atomic E-state index is 11.0. The molecule has 0 saturated carbocycles. The molecular weight excluding hydrogens is 220 g/mol. The lowest BCUT2D eigenvalue weighted by molar-refractivity contribution is -0.384. The Kier molecular flexibility index (Phi) is 3.23. The SMILES string of the molecule is Cc1ccnc(NC2CCN(C)C2)c1[N+](=O)[O-]. The summed E-state index contributed by atoms with van der Waals surface area (Å²) >= 11 is 0. The first kappa shape index (κ1) is 11.8. The highest BCUT2D eigenvalue weighted by atomic mass is 16.6. The molecule has 2 rings (SSSR count). The van der Waals surface area contributed by atoms with Gasteiger partial charge < -0.3 is 10.2 Å². The van der Waals surface area contributed by atoms with Crippen LogP contribution in [0.5, 0.6) is 0 Å². The molecule has 17 heavy (non-hydrogen) atoms. The third-order valence-corrected chi connectivity index (χ3v) is 3.04. The standard InChI is InChI=1S/C11H16N4O2/c1-8-3-5-12-11(10(8)15(16)17)13-9-4-6-14(2)7-9/h3,5,9H,4,6-7H2,1-2H3,(H,12,13). The van der Waals surface area contributed by atoms with E-state index in [1.54, 1.807) is 19.2 Å². The number of aryl methyl sites for hydroxylation is 1. The topological polar surface area (TPSA) is 71.3 Å². The lowest BCUT2D eigenvalue weighted by atomic mass is 10.2. The van der Waals surface area contributed by atoms with Gasteiger partial charge in [0.05, 0.1) is 4.92 Å². The fourth-order valence-corrected chi connectivity index (χ4v) is 2.13. The summed E-state index contributed by atoms with van der Waals surface area (Å²) in [6, 6.07) is 1.90. The second-order valence-corrected chi connectivity index (χ2v) is 4.47. The van der Waals surface area contributed by atoms with Crippen LogP contribution in [0.2, 0.25) is 0 Å². The van der Waals surface area contributed by atoms with Crippen LogP contribution in [-0.2, 0) is 0 Å². The van der Waals surface area contributed by atoms with Crippen molar-refractivity contribution in [1.29, 1.82) is 0 Å². The Balaban J connectivity index is 2.20. The highest BCUT2D eigenvalue weighted by Crippen LogP contribution is 2.27. The van der Waals surface area contributed by atoms with Crippen molar-refractivity contribution in [3.8, 4) is 0 Å². The van der Waals surface area contributed by atoms with Gasteiger partial charge in [-0.2, -0.15) is 0 Å². The second-order valence-electron chi connectivity index (χ2n) is 4.47. The zero-order valence-corrected chi connectivity index (χ0v) is 10.0. The van der Waals surface area contributed by atoms with Crippen LogP contribution >= 0.6 is 0 Å². The number of rotatable bonds is 3. The summed E-state index contributed by atoms with van der Waals surface area (Å²) in [5.41, 5.74) is 0.723. The van der Waals surface area contributed by atoms with Gasteiger partial charge in [0.2, 0.25) is 5.82 Å². The van der Waals surface area contributed by atoms with Crippen molar-refractivity contribution < 1.29 is 4.92 Å². The number of nitrogens with one attached hydrogen (secondary N) is 1. The molecule has 0 bridgehead atoms. The van der Waals surface area contributed by atoms with Crippen LogP contribution in [0.25, 0.3) is 0 Å². The van der Waals surface area contributed by atoms with Gasteiger partial charge in [0.15, 0.2) is 0 Å². The first-order valence-corrected chi connectivity index (χ1v) is 5.63. The fourth-order valence-electron chi connectivity index (χ4n) is 2.13. The van der Waals surface area contributed by atoms with E-state index in [1.165, 1.54) is 0 Å². The van der Waals surface area contributed by atoms with Gasteiger partial charge in [0, 0.05) is 24.3 Å². The van der Waals surface area contributed by atoms with Crippen molar-refractivity contribution >= 4 is 11.5 Å². The van der Waals surface area contributed by atoms with Gasteiger partial charge in [-0.25, -0.2) is 4.98 Å². The molecule has 1 aliphatic heterocycles. The van der Waals surface area contributed by atoms with Crippen molar-refractivity contribution in [2.24, 2.45) is 0 Å². The van der Waals surface area contributed by atoms with Gasteiger partial charge in [0.25, 0.3) is 0 Å². The van der Waals surface area contributed by atoms with Crippen LogP contribution in [0, 0.1) is 17.0 Å². The van der Waals surface area contributed by atoms with Gasteiger partial charge in [-0.1, -0.05) is 0 Å². The summed E-state index contributed by atoms with van der Waals surface area (Å²) in [6.07, 6.45) is 2.59. The Bertz CT molecular complexity index is 435. The maximum absolute atomic E-state index is 11.0. The van der Waals surface area contributed by atoms with E-state index in [-0.39, 0.29) is 16.7 Å². The van der Waals surface area contributed by atoms with E-state index < -0.39 is 0 Å². The molecule has 0 radical (unpaired) electrons. The molecule has 0 spiro atoms. The number of hydrogen-bond donors (Lipinski definition) is 1. The van der Waals surface area contributed by atoms with E-state index in [9.17, 15) is 10.1 Å². The molecule has 0 aliphatic carbocycles. The Hall–Kier alpha value is -1.69. The number of likely N-dealkylation sites (N-methyl/N-ethyl adjacent to an activating group) is 1. The molecule has 6 heteroatoms. The average Bonchev–Trinajstić information content (AvgIpc) is 2.63. The molecule has 1 N–H and O–H groups in total. The molecule has 0 aromatic carbocycles. The number of nitro groups is 1. The van der Waals surface area contributed by atoms with Crippen molar-refractivity contribution in [3.05, 3.63) is 27.9 Å². The van der Waals surface area contributed by atoms with Crippen LogP contribution < -0.4 is 5.32 Å². The Labute approximate surface area is 99.8 Å². The van der Waals surface area contributed by atoms with E-state index in [1.807, 2.05) is 7.05 Å². The lowest BCUT2D eigenvalue weighted by Crippen LogP contribution is -2.24. The summed E-state index contributed by atoms with van der Waals surface area (Å²) < 4.78 is 0. The summed E-state index contributed by atoms with van der Waals surface area (Å²) in [4.78, 5) is 16.9. The first-order valence-electron chi connectivity index (χ1n) is 5.63. The van der Waals surface area contributed by atoms with Gasteiger partial charge in [0.1, 0.15) is 0 Å². The van der Waals surface area contributed by atoms with Gasteiger partial charge in [-0.15, -0.1) is 0 Å². The number of anilines is 1. The van der Waals surface area contributed by atoms with Gasteiger partial charge in [-0.3, -0.25) is 10.1 Å². The van der Waals surface area contributed by atoms with Crippen molar-refractivity contribution in [2.45, 2.75) is 19.4 Å². The van der Waals surface area contributed by atoms with E-state index in [2.05, 4.69) is 15.2 Å². The van der Waals surface area contributed by atoms with Gasteiger partial charge >= 0.3 is 5.69 Å². The smallest absolute Gasteiger partial charge is 0.314 e. The molecule has 1 aromatic rings. The minimum atomic E-state index is -0.372. The quantitative estimate of drug-likeness (QED) is 0.634. The average molecular weight is 236 g/mol. The van der Waals surface area contributed by atoms with Crippen LogP contribution in [0.15, 0.2) is 12.3 Å². The third-order valence-electron chi connectivity index (χ3n) is 3.04. The van der Waals surface area contributed by atoms with Crippen LogP contribution in [0.1, 0.15) is 12.0 Å². The predicted molar refractivity (Wildman–Crippen MR) is 65.2 cm³/mol. The monoisotopic (exact) mass is 236 g/mol. The van der Waals surface area contributed by atoms with E-state index in [4.69, 9.17) is 0 Å². The van der Waals surface area contributed by atoms with Crippen molar-refractivity contribution in [2.75, 3.05) is 25.5 Å². The molecule has 6 nitrogen and oxygen atoms in total. The lowest BCUT2D eigenvalue weighted by Gasteiger charge is -2.13. The highest BCUT2D eigenvalue weighted by molar-refractivity contribution is 5.60. The molecule has 1 unspecified atom stereocenters. The predicted octanol–water partition coefficient (Wildman–Crippen LogP) is 1.41. The summed E-state index contributed by atoms with van der Waals surface area (Å²) in [5, 5.41) is 14.2. The molecule has 1 fully saturated rings. The Morgan fingerprint density at radius 1 is 1.65 bits per heavy atom. The largest absolute Gasteiger partial charge is 0.360 e. The molecule has 1 aromatic heterocycles. The zero-order valence-electron chi connectivity index (χ0n) is 10.0. The number of likely N-dealkylation sites (tertiary alicyclic amines) is 1. The molecular formula is C11H16N4O2. The molecule has 1 aliphatic rings. The van der Waals surface area contributed by atoms with E-state index >= 15 is 0 Å². The zero-order chi connectivity index (χ0) is 12.4. The Morgan fingerprint density at radius 3 is 3.00 bits per heavy atom. The van der Waals surface area contributed by atoms with Crippen LogP contribution in [-0.4, -0.2) is 41.0 Å². The molecule has 2 heterocycles. The van der Waals surface area contributed by atoms with Crippen molar-refractivity contribution in [1.82, 2.24) is 9.88 Å². The normalized spacial score (nSPS) is 20.5. The number of nitrogens with zero attached hydrogens (tertiary/aromatic N) is 3. The summed E-state index contributed by atoms with van der Waals surface area (Å²) in [7, 11) is 2.04. The van der Waals surface area contributed by atoms with E-state index in [0.717, 1.165) is 19.5 Å².